The molecule has 0 amide bonds. The summed E-state index contributed by atoms with van der Waals surface area (Å²) < 4.78 is 2.14. The van der Waals surface area contributed by atoms with Gasteiger partial charge in [0.1, 0.15) is 0 Å². The van der Waals surface area contributed by atoms with E-state index in [1.807, 2.05) is 43.5 Å². The first-order valence-corrected chi connectivity index (χ1v) is 9.37. The molecule has 0 aliphatic heterocycles. The molecule has 4 nitrogen and oxygen atoms in total. The molecule has 0 spiro atoms. The number of rotatable bonds is 5. The van der Waals surface area contributed by atoms with Crippen molar-refractivity contribution in [3.63, 3.8) is 0 Å². The third kappa shape index (κ3) is 5.18. The molecular weight excluding hydrogens is 376 g/mol. The highest BCUT2D eigenvalue weighted by Gasteiger charge is 2.04. The van der Waals surface area contributed by atoms with Crippen LogP contribution in [-0.2, 0) is 6.54 Å². The van der Waals surface area contributed by atoms with E-state index >= 15 is 0 Å². The van der Waals surface area contributed by atoms with Crippen LogP contribution in [0.1, 0.15) is 22.4 Å². The van der Waals surface area contributed by atoms with Crippen LogP contribution in [0.2, 0.25) is 5.02 Å². The molecule has 2 aromatic carbocycles. The number of aryl methyl sites for hydroxylation is 1. The molecule has 0 radical (unpaired) electrons. The van der Waals surface area contributed by atoms with Gasteiger partial charge in [-0.15, -0.1) is 0 Å². The highest BCUT2D eigenvalue weighted by atomic mass is 35.5. The maximum absolute atomic E-state index is 6.13. The fourth-order valence-electron chi connectivity index (χ4n) is 2.75. The number of benzene rings is 2. The van der Waals surface area contributed by atoms with E-state index in [1.165, 1.54) is 11.1 Å². The van der Waals surface area contributed by atoms with Gasteiger partial charge in [-0.2, -0.15) is 5.10 Å². The van der Waals surface area contributed by atoms with Crippen molar-refractivity contribution < 1.29 is 0 Å². The summed E-state index contributed by atoms with van der Waals surface area (Å²) in [4.78, 5) is 0. The van der Waals surface area contributed by atoms with Gasteiger partial charge in [0.05, 0.1) is 11.9 Å². The number of hydrogen-bond donors (Lipinski definition) is 2. The van der Waals surface area contributed by atoms with Crippen molar-refractivity contribution >= 4 is 40.8 Å². The first kappa shape index (κ1) is 19.1. The number of hydrogen-bond acceptors (Lipinski definition) is 2. The molecule has 6 heteroatoms. The lowest BCUT2D eigenvalue weighted by atomic mass is 10.1. The Kier molecular flexibility index (Phi) is 6.27. The molecule has 0 atom stereocenters. The monoisotopic (exact) mass is 396 g/mol. The lowest BCUT2D eigenvalue weighted by Gasteiger charge is -2.11. The standard InChI is InChI=1S/C21H21ClN4S/c1-15-6-3-7-17(12-15)14-26-11-5-8-18(26)13-23-25-21(27)24-20-10-4-9-19(22)16(20)2/h3-13H,14H2,1-2H3,(H2,24,25,27)/b23-13+. The summed E-state index contributed by atoms with van der Waals surface area (Å²) in [7, 11) is 0. The molecule has 27 heavy (non-hydrogen) atoms. The fraction of sp³-hybridized carbons (Fsp3) is 0.143. The molecule has 0 unspecified atom stereocenters. The third-order valence-corrected chi connectivity index (χ3v) is 4.78. The van der Waals surface area contributed by atoms with Crippen LogP contribution in [0.4, 0.5) is 5.69 Å². The summed E-state index contributed by atoms with van der Waals surface area (Å²) in [5, 5.41) is 8.46. The molecule has 3 rings (SSSR count). The summed E-state index contributed by atoms with van der Waals surface area (Å²) in [5.74, 6) is 0. The SMILES string of the molecule is Cc1cccc(Cn2cccc2/C=N/NC(=S)Nc2cccc(Cl)c2C)c1. The van der Waals surface area contributed by atoms with Gasteiger partial charge in [-0.3, -0.25) is 5.43 Å². The van der Waals surface area contributed by atoms with Crippen molar-refractivity contribution in [3.8, 4) is 0 Å². The summed E-state index contributed by atoms with van der Waals surface area (Å²) in [6.45, 7) is 4.83. The lowest BCUT2D eigenvalue weighted by molar-refractivity contribution is 0.798. The van der Waals surface area contributed by atoms with Crippen molar-refractivity contribution in [2.45, 2.75) is 20.4 Å². The minimum Gasteiger partial charge on any atom is -0.342 e. The first-order chi connectivity index (χ1) is 13.0. The number of hydrazone groups is 1. The van der Waals surface area contributed by atoms with Crippen LogP contribution in [0.25, 0.3) is 0 Å². The van der Waals surface area contributed by atoms with Gasteiger partial charge in [-0.25, -0.2) is 0 Å². The van der Waals surface area contributed by atoms with Gasteiger partial charge in [0.2, 0.25) is 0 Å². The molecule has 2 N–H and O–H groups in total. The minimum absolute atomic E-state index is 0.411. The molecule has 0 saturated heterocycles. The number of nitrogens with zero attached hydrogens (tertiary/aromatic N) is 2. The van der Waals surface area contributed by atoms with E-state index in [1.54, 1.807) is 6.21 Å². The second kappa shape index (κ2) is 8.84. The topological polar surface area (TPSA) is 41.4 Å². The third-order valence-electron chi connectivity index (χ3n) is 4.18. The summed E-state index contributed by atoms with van der Waals surface area (Å²) in [6.07, 6.45) is 3.80. The maximum atomic E-state index is 6.13. The van der Waals surface area contributed by atoms with Gasteiger partial charge >= 0.3 is 0 Å². The van der Waals surface area contributed by atoms with Crippen molar-refractivity contribution in [2.75, 3.05) is 5.32 Å². The Morgan fingerprint density at radius 1 is 1.15 bits per heavy atom. The first-order valence-electron chi connectivity index (χ1n) is 8.59. The molecule has 1 aromatic heterocycles. The van der Waals surface area contributed by atoms with E-state index in [-0.39, 0.29) is 0 Å². The predicted octanol–water partition coefficient (Wildman–Crippen LogP) is 5.13. The molecule has 1 heterocycles. The zero-order valence-corrected chi connectivity index (χ0v) is 16.8. The highest BCUT2D eigenvalue weighted by Crippen LogP contribution is 2.22. The molecule has 0 saturated carbocycles. The fourth-order valence-corrected chi connectivity index (χ4v) is 3.08. The Hall–Kier alpha value is -2.63. The van der Waals surface area contributed by atoms with E-state index in [0.717, 1.165) is 23.5 Å². The normalized spacial score (nSPS) is 10.9. The van der Waals surface area contributed by atoms with Gasteiger partial charge in [0.25, 0.3) is 0 Å². The molecule has 0 aliphatic rings. The average molecular weight is 397 g/mol. The zero-order chi connectivity index (χ0) is 19.2. The van der Waals surface area contributed by atoms with Crippen LogP contribution in [0.15, 0.2) is 65.9 Å². The van der Waals surface area contributed by atoms with Crippen molar-refractivity contribution in [2.24, 2.45) is 5.10 Å². The van der Waals surface area contributed by atoms with Gasteiger partial charge in [-0.1, -0.05) is 47.5 Å². The molecule has 138 valence electrons. The van der Waals surface area contributed by atoms with Crippen LogP contribution in [-0.4, -0.2) is 15.9 Å². The Bertz CT molecular complexity index is 978. The Morgan fingerprint density at radius 2 is 1.96 bits per heavy atom. The molecule has 0 bridgehead atoms. The van der Waals surface area contributed by atoms with Crippen LogP contribution in [0.3, 0.4) is 0 Å². The quantitative estimate of drug-likeness (QED) is 0.357. The van der Waals surface area contributed by atoms with Crippen LogP contribution < -0.4 is 10.7 Å². The van der Waals surface area contributed by atoms with Gasteiger partial charge in [0.15, 0.2) is 5.11 Å². The highest BCUT2D eigenvalue weighted by molar-refractivity contribution is 7.80. The van der Waals surface area contributed by atoms with Gasteiger partial charge in [0, 0.05) is 23.5 Å². The Labute approximate surface area is 169 Å². The summed E-state index contributed by atoms with van der Waals surface area (Å²) in [6, 6.07) is 18.1. The number of aromatic nitrogens is 1. The largest absolute Gasteiger partial charge is 0.342 e. The van der Waals surface area contributed by atoms with Gasteiger partial charge in [-0.05, 0) is 61.5 Å². The lowest BCUT2D eigenvalue weighted by Crippen LogP contribution is -2.24. The average Bonchev–Trinajstić information content (AvgIpc) is 3.06. The van der Waals surface area contributed by atoms with E-state index < -0.39 is 0 Å². The predicted molar refractivity (Wildman–Crippen MR) is 118 cm³/mol. The van der Waals surface area contributed by atoms with Crippen molar-refractivity contribution in [1.29, 1.82) is 0 Å². The number of anilines is 1. The Morgan fingerprint density at radius 3 is 2.78 bits per heavy atom. The molecule has 0 fully saturated rings. The zero-order valence-electron chi connectivity index (χ0n) is 15.2. The molecular formula is C21H21ClN4S. The number of thiocarbonyl (C=S) groups is 1. The van der Waals surface area contributed by atoms with Gasteiger partial charge < -0.3 is 9.88 Å². The van der Waals surface area contributed by atoms with Crippen molar-refractivity contribution in [1.82, 2.24) is 9.99 Å². The second-order valence-corrected chi connectivity index (χ2v) is 7.10. The van der Waals surface area contributed by atoms with Crippen LogP contribution in [0, 0.1) is 13.8 Å². The van der Waals surface area contributed by atoms with E-state index in [2.05, 4.69) is 51.6 Å². The van der Waals surface area contributed by atoms with Crippen molar-refractivity contribution in [3.05, 3.63) is 88.2 Å². The van der Waals surface area contributed by atoms with E-state index in [9.17, 15) is 0 Å². The number of halogens is 1. The van der Waals surface area contributed by atoms with Crippen LogP contribution >= 0.6 is 23.8 Å². The molecule has 0 aliphatic carbocycles. The summed E-state index contributed by atoms with van der Waals surface area (Å²) in [5.41, 5.74) is 8.15. The second-order valence-electron chi connectivity index (χ2n) is 6.29. The number of nitrogens with one attached hydrogen (secondary N) is 2. The summed E-state index contributed by atoms with van der Waals surface area (Å²) >= 11 is 11.4. The maximum Gasteiger partial charge on any atom is 0.191 e. The van der Waals surface area contributed by atoms with Crippen LogP contribution in [0.5, 0.6) is 0 Å². The van der Waals surface area contributed by atoms with E-state index in [4.69, 9.17) is 23.8 Å². The smallest absolute Gasteiger partial charge is 0.191 e. The minimum atomic E-state index is 0.411. The molecule has 3 aromatic rings. The van der Waals surface area contributed by atoms with E-state index in [0.29, 0.717) is 10.1 Å². The Balaban J connectivity index is 1.61.